The first kappa shape index (κ1) is 20.7. The Bertz CT molecular complexity index is 191. The topological polar surface area (TPSA) is 9.23 Å². The second-order valence-electron chi connectivity index (χ2n) is 3.93. The summed E-state index contributed by atoms with van der Waals surface area (Å²) in [4.78, 5) is 0. The van der Waals surface area contributed by atoms with Crippen molar-refractivity contribution in [2.45, 2.75) is 51.4 Å². The monoisotopic (exact) mass is 304 g/mol. The molecule has 0 amide bonds. The van der Waals surface area contributed by atoms with Gasteiger partial charge in [-0.1, -0.05) is 0 Å². The molecule has 1 nitrogen and oxygen atoms in total. The quantitative estimate of drug-likeness (QED) is 0.498. The first-order valence-electron chi connectivity index (χ1n) is 5.30. The van der Waals surface area contributed by atoms with Gasteiger partial charge in [0.2, 0.25) is 5.92 Å². The zero-order valence-electron chi connectivity index (χ0n) is 10.5. The molecule has 19 heavy (non-hydrogen) atoms. The third-order valence-corrected chi connectivity index (χ3v) is 1.43. The van der Waals surface area contributed by atoms with E-state index in [2.05, 4.69) is 4.74 Å². The van der Waals surface area contributed by atoms with Crippen LogP contribution < -0.4 is 0 Å². The smallest absolute Gasteiger partial charge is 0.381 e. The van der Waals surface area contributed by atoms with Crippen LogP contribution in [-0.2, 0) is 4.74 Å². The van der Waals surface area contributed by atoms with Crippen molar-refractivity contribution in [2.75, 3.05) is 13.2 Å². The largest absolute Gasteiger partial charge is 0.389 e. The average Bonchev–Trinajstić information content (AvgIpc) is 2.04. The standard InChI is InChI=1S/C8H13F5O.C2H3F3/c1-7(9,10)4-6-14-5-2-3-8(11,12)13;1-2(3,4)5/h2-6H2,1H3;1H3. The van der Waals surface area contributed by atoms with E-state index >= 15 is 0 Å². The molecular weight excluding hydrogens is 288 g/mol. The third-order valence-electron chi connectivity index (χ3n) is 1.43. The Morgan fingerprint density at radius 2 is 1.16 bits per heavy atom. The number of alkyl halides is 8. The molecule has 0 N–H and O–H groups in total. The minimum absolute atomic E-state index is 0.129. The Kier molecular flexibility index (Phi) is 9.32. The molecule has 0 aliphatic heterocycles. The van der Waals surface area contributed by atoms with Crippen LogP contribution in [0.2, 0.25) is 0 Å². The molecule has 0 radical (unpaired) electrons. The van der Waals surface area contributed by atoms with Gasteiger partial charge in [-0.25, -0.2) is 8.78 Å². The first-order valence-corrected chi connectivity index (χ1v) is 5.30. The predicted octanol–water partition coefficient (Wildman–Crippen LogP) is 4.96. The van der Waals surface area contributed by atoms with Gasteiger partial charge in [-0.05, 0) is 13.3 Å². The van der Waals surface area contributed by atoms with Crippen molar-refractivity contribution in [3.63, 3.8) is 0 Å². The lowest BCUT2D eigenvalue weighted by atomic mass is 10.3. The Balaban J connectivity index is 0. The Hall–Kier alpha value is -0.600. The lowest BCUT2D eigenvalue weighted by Gasteiger charge is -2.10. The molecule has 0 spiro atoms. The second-order valence-corrected chi connectivity index (χ2v) is 3.93. The molecule has 0 aliphatic rings. The van der Waals surface area contributed by atoms with Crippen molar-refractivity contribution in [1.29, 1.82) is 0 Å². The molecule has 0 fully saturated rings. The highest BCUT2D eigenvalue weighted by Gasteiger charge is 2.26. The van der Waals surface area contributed by atoms with E-state index in [1.54, 1.807) is 0 Å². The van der Waals surface area contributed by atoms with E-state index < -0.39 is 31.1 Å². The maximum absolute atomic E-state index is 12.2. The van der Waals surface area contributed by atoms with Gasteiger partial charge < -0.3 is 4.74 Å². The van der Waals surface area contributed by atoms with Gasteiger partial charge in [-0.2, -0.15) is 26.3 Å². The molecule has 0 aromatic carbocycles. The fourth-order valence-corrected chi connectivity index (χ4v) is 0.728. The van der Waals surface area contributed by atoms with Crippen LogP contribution in [0.15, 0.2) is 0 Å². The van der Waals surface area contributed by atoms with E-state index in [-0.39, 0.29) is 26.6 Å². The molecule has 9 heteroatoms. The van der Waals surface area contributed by atoms with Gasteiger partial charge in [0, 0.05) is 26.4 Å². The highest BCUT2D eigenvalue weighted by Crippen LogP contribution is 2.21. The van der Waals surface area contributed by atoms with Gasteiger partial charge >= 0.3 is 12.4 Å². The molecule has 0 heterocycles. The summed E-state index contributed by atoms with van der Waals surface area (Å²) in [6, 6.07) is 0. The number of ether oxygens (including phenoxy) is 1. The SMILES string of the molecule is CC(F)(F)CCOCCCC(F)(F)F.CC(F)(F)F. The summed E-state index contributed by atoms with van der Waals surface area (Å²) in [5, 5.41) is 0. The Labute approximate surface area is 105 Å². The molecule has 0 aromatic heterocycles. The Morgan fingerprint density at radius 1 is 0.737 bits per heavy atom. The van der Waals surface area contributed by atoms with Crippen molar-refractivity contribution in [1.82, 2.24) is 0 Å². The second kappa shape index (κ2) is 8.55. The molecule has 0 aliphatic carbocycles. The van der Waals surface area contributed by atoms with Crippen molar-refractivity contribution >= 4 is 0 Å². The molecule has 0 rings (SSSR count). The van der Waals surface area contributed by atoms with Crippen molar-refractivity contribution in [3.05, 3.63) is 0 Å². The summed E-state index contributed by atoms with van der Waals surface area (Å²) in [6.45, 7) is 0.593. The lowest BCUT2D eigenvalue weighted by molar-refractivity contribution is -0.138. The van der Waals surface area contributed by atoms with Crippen LogP contribution in [0.4, 0.5) is 35.1 Å². The molecule has 0 atom stereocenters. The molecule has 0 bridgehead atoms. The summed E-state index contributed by atoms with van der Waals surface area (Å²) in [5.41, 5.74) is 0. The van der Waals surface area contributed by atoms with E-state index in [0.29, 0.717) is 0 Å². The fraction of sp³-hybridized carbons (Fsp3) is 1.00. The van der Waals surface area contributed by atoms with E-state index in [9.17, 15) is 35.1 Å². The van der Waals surface area contributed by atoms with Crippen LogP contribution in [-0.4, -0.2) is 31.5 Å². The maximum atomic E-state index is 12.2. The summed E-state index contributed by atoms with van der Waals surface area (Å²) < 4.78 is 94.7. The van der Waals surface area contributed by atoms with Crippen LogP contribution in [0.3, 0.4) is 0 Å². The van der Waals surface area contributed by atoms with Crippen LogP contribution in [0.1, 0.15) is 33.1 Å². The van der Waals surface area contributed by atoms with Crippen LogP contribution in [0.25, 0.3) is 0 Å². The minimum atomic E-state index is -4.20. The van der Waals surface area contributed by atoms with E-state index in [1.807, 2.05) is 0 Å². The summed E-state index contributed by atoms with van der Waals surface area (Å²) in [6.07, 6.45) is -9.77. The highest BCUT2D eigenvalue weighted by atomic mass is 19.4. The van der Waals surface area contributed by atoms with Gasteiger partial charge in [0.15, 0.2) is 0 Å². The van der Waals surface area contributed by atoms with Gasteiger partial charge in [0.1, 0.15) is 0 Å². The van der Waals surface area contributed by atoms with Crippen LogP contribution >= 0.6 is 0 Å². The minimum Gasteiger partial charge on any atom is -0.381 e. The molecule has 0 saturated heterocycles. The van der Waals surface area contributed by atoms with Crippen molar-refractivity contribution < 1.29 is 39.9 Å². The summed E-state index contributed by atoms with van der Waals surface area (Å²) in [5.74, 6) is -2.82. The van der Waals surface area contributed by atoms with Crippen LogP contribution in [0.5, 0.6) is 0 Å². The number of halogens is 8. The highest BCUT2D eigenvalue weighted by molar-refractivity contribution is 4.56. The van der Waals surface area contributed by atoms with Gasteiger partial charge in [0.05, 0.1) is 6.61 Å². The number of hydrogen-bond donors (Lipinski definition) is 0. The third kappa shape index (κ3) is 38.2. The average molecular weight is 304 g/mol. The summed E-state index contributed by atoms with van der Waals surface area (Å²) >= 11 is 0. The fourth-order valence-electron chi connectivity index (χ4n) is 0.728. The van der Waals surface area contributed by atoms with Crippen molar-refractivity contribution in [3.8, 4) is 0 Å². The Morgan fingerprint density at radius 3 is 1.47 bits per heavy atom. The molecule has 118 valence electrons. The van der Waals surface area contributed by atoms with Gasteiger partial charge in [-0.3, -0.25) is 0 Å². The molecule has 0 saturated carbocycles. The zero-order valence-corrected chi connectivity index (χ0v) is 10.5. The summed E-state index contributed by atoms with van der Waals surface area (Å²) in [7, 11) is 0. The van der Waals surface area contributed by atoms with E-state index in [1.165, 1.54) is 0 Å². The molecule has 0 aromatic rings. The van der Waals surface area contributed by atoms with E-state index in [4.69, 9.17) is 0 Å². The van der Waals surface area contributed by atoms with Gasteiger partial charge in [-0.15, -0.1) is 0 Å². The van der Waals surface area contributed by atoms with Gasteiger partial charge in [0.25, 0.3) is 0 Å². The normalized spacial score (nSPS) is 12.9. The molecular formula is C10H16F8O. The number of hydrogen-bond acceptors (Lipinski definition) is 1. The van der Waals surface area contributed by atoms with Crippen LogP contribution in [0, 0.1) is 0 Å². The number of rotatable bonds is 6. The maximum Gasteiger partial charge on any atom is 0.389 e. The molecule has 0 unspecified atom stereocenters. The first-order chi connectivity index (χ1) is 8.21. The van der Waals surface area contributed by atoms with E-state index in [0.717, 1.165) is 6.92 Å². The van der Waals surface area contributed by atoms with Crippen molar-refractivity contribution in [2.24, 2.45) is 0 Å². The predicted molar refractivity (Wildman–Crippen MR) is 53.1 cm³/mol. The zero-order chi connectivity index (χ0) is 15.7. The lowest BCUT2D eigenvalue weighted by Crippen LogP contribution is -2.14.